The van der Waals surface area contributed by atoms with Crippen molar-refractivity contribution >= 4 is 50.7 Å². The van der Waals surface area contributed by atoms with Crippen molar-refractivity contribution in [1.29, 1.82) is 0 Å². The lowest BCUT2D eigenvalue weighted by Crippen LogP contribution is -2.14. The van der Waals surface area contributed by atoms with Crippen LogP contribution in [0.15, 0.2) is 65.4 Å². The molecule has 0 saturated carbocycles. The third kappa shape index (κ3) is 7.18. The monoisotopic (exact) mass is 527 g/mol. The van der Waals surface area contributed by atoms with Crippen LogP contribution >= 0.6 is 22.7 Å². The number of hydrogen-bond donors (Lipinski definition) is 2. The number of anilines is 2. The first-order valence-electron chi connectivity index (χ1n) is 10.8. The quantitative estimate of drug-likeness (QED) is 0.209. The summed E-state index contributed by atoms with van der Waals surface area (Å²) in [7, 11) is 0. The summed E-state index contributed by atoms with van der Waals surface area (Å²) in [5.74, 6) is -0.305. The number of hydrogen-bond acceptors (Lipinski definition) is 9. The molecule has 2 N–H and O–H groups in total. The number of benzene rings is 2. The summed E-state index contributed by atoms with van der Waals surface area (Å²) in [4.78, 5) is 21.2. The van der Waals surface area contributed by atoms with Gasteiger partial charge in [-0.15, -0.1) is 22.7 Å². The first-order chi connectivity index (χ1) is 17.0. The van der Waals surface area contributed by atoms with Gasteiger partial charge in [0.25, 0.3) is 0 Å². The van der Waals surface area contributed by atoms with E-state index in [1.165, 1.54) is 11.3 Å². The average Bonchev–Trinajstić information content (AvgIpc) is 3.50. The Morgan fingerprint density at radius 3 is 2.57 bits per heavy atom. The van der Waals surface area contributed by atoms with Crippen molar-refractivity contribution in [3.8, 4) is 10.6 Å². The minimum absolute atomic E-state index is 0.126. The highest BCUT2D eigenvalue weighted by Crippen LogP contribution is 2.31. The molecule has 2 aromatic heterocycles. The van der Waals surface area contributed by atoms with E-state index < -0.39 is 11.3 Å². The van der Waals surface area contributed by atoms with Crippen molar-refractivity contribution in [3.63, 3.8) is 0 Å². The standard InChI is InChI=1S/C24H24N4O4S3/c1-2-32-22(29)13-19-14-34-24(25-19)27-20(12-16-8-10-18(11-9-16)28-35(30)31)21-15-33-23(26-21)17-6-4-3-5-7-17/h3-11,14-15,20,28H,2,12-13H2,1H3,(H,25,27)(H,30,31)/p-1/t20-/m0/s1. The molecular weight excluding hydrogens is 504 g/mol. The van der Waals surface area contributed by atoms with Crippen LogP contribution in [0.3, 0.4) is 0 Å². The molecule has 2 aromatic carbocycles. The molecule has 0 amide bonds. The molecule has 0 aliphatic carbocycles. The van der Waals surface area contributed by atoms with Gasteiger partial charge in [-0.2, -0.15) is 0 Å². The summed E-state index contributed by atoms with van der Waals surface area (Å²) in [5, 5.41) is 8.95. The number of nitrogens with zero attached hydrogens (tertiary/aromatic N) is 2. The fraction of sp³-hybridized carbons (Fsp3) is 0.208. The smallest absolute Gasteiger partial charge is 0.311 e. The zero-order chi connectivity index (χ0) is 24.6. The highest BCUT2D eigenvalue weighted by molar-refractivity contribution is 7.80. The van der Waals surface area contributed by atoms with E-state index in [0.717, 1.165) is 21.8 Å². The van der Waals surface area contributed by atoms with E-state index in [4.69, 9.17) is 9.72 Å². The van der Waals surface area contributed by atoms with Crippen LogP contribution < -0.4 is 10.0 Å². The fourth-order valence-corrected chi connectivity index (χ4v) is 5.37. The van der Waals surface area contributed by atoms with Crippen molar-refractivity contribution in [2.45, 2.75) is 25.8 Å². The van der Waals surface area contributed by atoms with Gasteiger partial charge in [0.1, 0.15) is 5.01 Å². The van der Waals surface area contributed by atoms with E-state index >= 15 is 0 Å². The second-order valence-electron chi connectivity index (χ2n) is 7.50. The van der Waals surface area contributed by atoms with Crippen molar-refractivity contribution < 1.29 is 18.3 Å². The molecule has 0 aliphatic heterocycles. The number of aromatic nitrogens is 2. The zero-order valence-electron chi connectivity index (χ0n) is 18.8. The maximum Gasteiger partial charge on any atom is 0.311 e. The maximum atomic E-state index is 11.8. The van der Waals surface area contributed by atoms with Crippen LogP contribution in [0.25, 0.3) is 10.6 Å². The summed E-state index contributed by atoms with van der Waals surface area (Å²) in [6, 6.07) is 17.0. The van der Waals surface area contributed by atoms with E-state index in [9.17, 15) is 13.6 Å². The lowest BCUT2D eigenvalue weighted by molar-refractivity contribution is -0.142. The molecule has 0 aliphatic rings. The molecule has 4 aromatic rings. The summed E-state index contributed by atoms with van der Waals surface area (Å²) in [6.07, 6.45) is 0.729. The third-order valence-electron chi connectivity index (χ3n) is 4.97. The molecule has 1 unspecified atom stereocenters. The lowest BCUT2D eigenvalue weighted by atomic mass is 10.0. The van der Waals surface area contributed by atoms with Gasteiger partial charge in [0.15, 0.2) is 5.13 Å². The normalized spacial score (nSPS) is 12.6. The Bertz CT molecular complexity index is 1280. The maximum absolute atomic E-state index is 11.8. The molecule has 11 heteroatoms. The highest BCUT2D eigenvalue weighted by Gasteiger charge is 2.19. The van der Waals surface area contributed by atoms with E-state index in [-0.39, 0.29) is 18.4 Å². The van der Waals surface area contributed by atoms with Gasteiger partial charge in [-0.1, -0.05) is 42.5 Å². The fourth-order valence-electron chi connectivity index (χ4n) is 3.39. The van der Waals surface area contributed by atoms with Crippen LogP contribution in [0.5, 0.6) is 0 Å². The van der Waals surface area contributed by atoms with Gasteiger partial charge < -0.3 is 19.3 Å². The molecule has 4 rings (SSSR count). The number of ether oxygens (including phenoxy) is 1. The number of esters is 1. The molecule has 0 spiro atoms. The molecule has 35 heavy (non-hydrogen) atoms. The van der Waals surface area contributed by atoms with Crippen LogP contribution in [-0.2, 0) is 33.6 Å². The SMILES string of the molecule is CCOC(=O)Cc1csc(N[C@@H](Cc2ccc(NS(=O)[O-])cc2)c2csc(-c3ccccc3)n2)n1. The number of carbonyl (C=O) groups excluding carboxylic acids is 1. The molecule has 8 nitrogen and oxygen atoms in total. The number of thiazole rings is 2. The van der Waals surface area contributed by atoms with Gasteiger partial charge in [0.05, 0.1) is 30.5 Å². The molecule has 2 atom stereocenters. The van der Waals surface area contributed by atoms with Gasteiger partial charge in [-0.3, -0.25) is 9.00 Å². The van der Waals surface area contributed by atoms with Crippen LogP contribution in [0, 0.1) is 0 Å². The first kappa shape index (κ1) is 25.0. The minimum atomic E-state index is -2.37. The van der Waals surface area contributed by atoms with Gasteiger partial charge in [-0.05, 0) is 31.0 Å². The zero-order valence-corrected chi connectivity index (χ0v) is 21.3. The summed E-state index contributed by atoms with van der Waals surface area (Å²) >= 11 is 0.625. The average molecular weight is 528 g/mol. The van der Waals surface area contributed by atoms with E-state index in [1.807, 2.05) is 53.2 Å². The van der Waals surface area contributed by atoms with Gasteiger partial charge in [0.2, 0.25) is 0 Å². The van der Waals surface area contributed by atoms with Crippen LogP contribution in [-0.4, -0.2) is 31.3 Å². The predicted molar refractivity (Wildman–Crippen MR) is 139 cm³/mol. The topological polar surface area (TPSA) is 116 Å². The Labute approximate surface area is 213 Å². The third-order valence-corrected chi connectivity index (χ3v) is 7.11. The Hall–Kier alpha value is -3.12. The van der Waals surface area contributed by atoms with Crippen LogP contribution in [0.4, 0.5) is 10.8 Å². The Morgan fingerprint density at radius 1 is 1.09 bits per heavy atom. The summed E-state index contributed by atoms with van der Waals surface area (Å²) in [6.45, 7) is 2.11. The van der Waals surface area contributed by atoms with Crippen molar-refractivity contribution in [1.82, 2.24) is 9.97 Å². The van der Waals surface area contributed by atoms with Crippen molar-refractivity contribution in [2.24, 2.45) is 0 Å². The number of rotatable bonds is 11. The second-order valence-corrected chi connectivity index (χ2v) is 9.89. The Kier molecular flexibility index (Phi) is 8.59. The molecule has 0 saturated heterocycles. The highest BCUT2D eigenvalue weighted by atomic mass is 32.2. The molecular formula is C24H23N4O4S3-. The largest absolute Gasteiger partial charge is 0.755 e. The summed E-state index contributed by atoms with van der Waals surface area (Å²) < 4.78 is 29.1. The van der Waals surface area contributed by atoms with Crippen molar-refractivity contribution in [3.05, 3.63) is 82.3 Å². The van der Waals surface area contributed by atoms with Gasteiger partial charge in [0, 0.05) is 33.3 Å². The van der Waals surface area contributed by atoms with E-state index in [0.29, 0.717) is 29.5 Å². The molecule has 0 radical (unpaired) electrons. The van der Waals surface area contributed by atoms with Gasteiger partial charge in [-0.25, -0.2) is 9.97 Å². The molecule has 0 bridgehead atoms. The molecule has 0 fully saturated rings. The van der Waals surface area contributed by atoms with Crippen LogP contribution in [0.1, 0.15) is 29.9 Å². The lowest BCUT2D eigenvalue weighted by Gasteiger charge is -2.17. The minimum Gasteiger partial charge on any atom is -0.755 e. The number of nitrogens with one attached hydrogen (secondary N) is 2. The summed E-state index contributed by atoms with van der Waals surface area (Å²) in [5.41, 5.74) is 4.07. The van der Waals surface area contributed by atoms with E-state index in [1.54, 1.807) is 30.4 Å². The molecule has 2 heterocycles. The van der Waals surface area contributed by atoms with E-state index in [2.05, 4.69) is 15.0 Å². The Balaban J connectivity index is 1.55. The predicted octanol–water partition coefficient (Wildman–Crippen LogP) is 4.97. The van der Waals surface area contributed by atoms with Crippen LogP contribution in [0.2, 0.25) is 0 Å². The second kappa shape index (κ2) is 12.0. The van der Waals surface area contributed by atoms with Gasteiger partial charge >= 0.3 is 5.97 Å². The van der Waals surface area contributed by atoms with Crippen molar-refractivity contribution in [2.75, 3.05) is 16.6 Å². The Morgan fingerprint density at radius 2 is 1.86 bits per heavy atom. The first-order valence-corrected chi connectivity index (χ1v) is 13.7. The molecule has 182 valence electrons. The number of carbonyl (C=O) groups is 1.